The molecule has 4 heteroatoms. The predicted molar refractivity (Wildman–Crippen MR) is 76.9 cm³/mol. The summed E-state index contributed by atoms with van der Waals surface area (Å²) in [6.07, 6.45) is 2.42. The van der Waals surface area contributed by atoms with E-state index in [4.69, 9.17) is 5.73 Å². The zero-order valence-corrected chi connectivity index (χ0v) is 11.3. The van der Waals surface area contributed by atoms with Gasteiger partial charge < -0.3 is 11.1 Å². The van der Waals surface area contributed by atoms with E-state index in [0.717, 1.165) is 17.3 Å². The second-order valence-electron chi connectivity index (χ2n) is 4.96. The first-order valence-electron chi connectivity index (χ1n) is 6.48. The number of benzene rings is 1. The molecule has 0 fully saturated rings. The largest absolute Gasteiger partial charge is 0.350 e. The summed E-state index contributed by atoms with van der Waals surface area (Å²) in [5.74, 6) is -0.0771. The number of carbonyl (C=O) groups excluding carboxylic acids is 1. The van der Waals surface area contributed by atoms with E-state index in [1.165, 1.54) is 0 Å². The lowest BCUT2D eigenvalue weighted by Crippen LogP contribution is -2.36. The lowest BCUT2D eigenvalue weighted by atomic mass is 10.1. The SMILES string of the molecule is CC(N)CC(C)NC(=O)c1ccnc2ccccc12. The number of nitrogens with zero attached hydrogens (tertiary/aromatic N) is 1. The maximum Gasteiger partial charge on any atom is 0.252 e. The fourth-order valence-electron chi connectivity index (χ4n) is 2.21. The third kappa shape index (κ3) is 3.29. The molecule has 2 atom stereocenters. The molecule has 0 bridgehead atoms. The van der Waals surface area contributed by atoms with Crippen LogP contribution in [0, 0.1) is 0 Å². The molecule has 0 aliphatic carbocycles. The Balaban J connectivity index is 2.22. The molecule has 2 rings (SSSR count). The van der Waals surface area contributed by atoms with Crippen molar-refractivity contribution in [3.63, 3.8) is 0 Å². The minimum absolute atomic E-state index is 0.0550. The Kier molecular flexibility index (Phi) is 4.12. The lowest BCUT2D eigenvalue weighted by molar-refractivity contribution is 0.0939. The highest BCUT2D eigenvalue weighted by atomic mass is 16.1. The van der Waals surface area contributed by atoms with Gasteiger partial charge in [-0.2, -0.15) is 0 Å². The molecule has 100 valence electrons. The highest BCUT2D eigenvalue weighted by molar-refractivity contribution is 6.06. The standard InChI is InChI=1S/C15H19N3O/c1-10(16)9-11(2)18-15(19)13-7-8-17-14-6-4-3-5-12(13)14/h3-8,10-11H,9,16H2,1-2H3,(H,18,19). The number of pyridine rings is 1. The van der Waals surface area contributed by atoms with Gasteiger partial charge >= 0.3 is 0 Å². The van der Waals surface area contributed by atoms with Crippen molar-refractivity contribution >= 4 is 16.8 Å². The monoisotopic (exact) mass is 257 g/mol. The maximum absolute atomic E-state index is 12.3. The number of aromatic nitrogens is 1. The van der Waals surface area contributed by atoms with E-state index in [9.17, 15) is 4.79 Å². The minimum Gasteiger partial charge on any atom is -0.350 e. The molecule has 1 heterocycles. The molecular formula is C15H19N3O. The van der Waals surface area contributed by atoms with E-state index in [1.807, 2.05) is 38.1 Å². The number of nitrogens with two attached hydrogens (primary N) is 1. The summed E-state index contributed by atoms with van der Waals surface area (Å²) in [5, 5.41) is 3.84. The van der Waals surface area contributed by atoms with Crippen molar-refractivity contribution in [2.45, 2.75) is 32.4 Å². The summed E-state index contributed by atoms with van der Waals surface area (Å²) in [6, 6.07) is 9.51. The van der Waals surface area contributed by atoms with Crippen LogP contribution >= 0.6 is 0 Å². The fourth-order valence-corrected chi connectivity index (χ4v) is 2.21. The third-order valence-corrected chi connectivity index (χ3v) is 3.00. The van der Waals surface area contributed by atoms with Crippen LogP contribution in [0.4, 0.5) is 0 Å². The molecule has 1 aromatic heterocycles. The van der Waals surface area contributed by atoms with Gasteiger partial charge in [-0.05, 0) is 32.4 Å². The van der Waals surface area contributed by atoms with Gasteiger partial charge in [0.2, 0.25) is 0 Å². The van der Waals surface area contributed by atoms with E-state index in [-0.39, 0.29) is 18.0 Å². The number of nitrogens with one attached hydrogen (secondary N) is 1. The van der Waals surface area contributed by atoms with Crippen molar-refractivity contribution in [1.29, 1.82) is 0 Å². The number of amides is 1. The normalized spacial score (nSPS) is 14.1. The molecular weight excluding hydrogens is 238 g/mol. The molecule has 0 saturated heterocycles. The van der Waals surface area contributed by atoms with Gasteiger partial charge in [-0.25, -0.2) is 0 Å². The van der Waals surface area contributed by atoms with E-state index in [1.54, 1.807) is 12.3 Å². The zero-order valence-electron chi connectivity index (χ0n) is 11.3. The molecule has 19 heavy (non-hydrogen) atoms. The second kappa shape index (κ2) is 5.80. The van der Waals surface area contributed by atoms with Crippen LogP contribution in [0.5, 0.6) is 0 Å². The van der Waals surface area contributed by atoms with Gasteiger partial charge in [0.15, 0.2) is 0 Å². The summed E-state index contributed by atoms with van der Waals surface area (Å²) in [6.45, 7) is 3.90. The van der Waals surface area contributed by atoms with Crippen molar-refractivity contribution < 1.29 is 4.79 Å². The highest BCUT2D eigenvalue weighted by Crippen LogP contribution is 2.16. The van der Waals surface area contributed by atoms with Crippen LogP contribution in [-0.4, -0.2) is 23.0 Å². The molecule has 2 aromatic rings. The smallest absolute Gasteiger partial charge is 0.252 e. The van der Waals surface area contributed by atoms with Crippen LogP contribution in [0.2, 0.25) is 0 Å². The Bertz CT molecular complexity index is 575. The second-order valence-corrected chi connectivity index (χ2v) is 4.96. The zero-order chi connectivity index (χ0) is 13.8. The lowest BCUT2D eigenvalue weighted by Gasteiger charge is -2.16. The Morgan fingerprint density at radius 2 is 2.05 bits per heavy atom. The molecule has 3 N–H and O–H groups in total. The summed E-state index contributed by atoms with van der Waals surface area (Å²) < 4.78 is 0. The number of carbonyl (C=O) groups is 1. The quantitative estimate of drug-likeness (QED) is 0.881. The average Bonchev–Trinajstić information content (AvgIpc) is 2.36. The average molecular weight is 257 g/mol. The first-order chi connectivity index (χ1) is 9.08. The third-order valence-electron chi connectivity index (χ3n) is 3.00. The summed E-state index contributed by atoms with van der Waals surface area (Å²) >= 11 is 0. The number of para-hydroxylation sites is 1. The molecule has 0 aliphatic rings. The van der Waals surface area contributed by atoms with Crippen molar-refractivity contribution in [2.75, 3.05) is 0 Å². The molecule has 0 aliphatic heterocycles. The van der Waals surface area contributed by atoms with Gasteiger partial charge in [-0.3, -0.25) is 9.78 Å². The van der Waals surface area contributed by atoms with Crippen LogP contribution in [0.1, 0.15) is 30.6 Å². The Labute approximate surface area is 113 Å². The van der Waals surface area contributed by atoms with Crippen molar-refractivity contribution in [2.24, 2.45) is 5.73 Å². The van der Waals surface area contributed by atoms with Crippen LogP contribution in [0.3, 0.4) is 0 Å². The Morgan fingerprint density at radius 3 is 2.79 bits per heavy atom. The molecule has 2 unspecified atom stereocenters. The molecule has 4 nitrogen and oxygen atoms in total. The molecule has 1 amide bonds. The molecule has 0 radical (unpaired) electrons. The van der Waals surface area contributed by atoms with Gasteiger partial charge in [0, 0.05) is 23.7 Å². The van der Waals surface area contributed by atoms with E-state index < -0.39 is 0 Å². The number of rotatable bonds is 4. The van der Waals surface area contributed by atoms with Gasteiger partial charge in [-0.1, -0.05) is 18.2 Å². The van der Waals surface area contributed by atoms with E-state index in [2.05, 4.69) is 10.3 Å². The summed E-state index contributed by atoms with van der Waals surface area (Å²) in [5.41, 5.74) is 7.22. The van der Waals surface area contributed by atoms with Crippen LogP contribution in [-0.2, 0) is 0 Å². The molecule has 1 aromatic carbocycles. The first-order valence-corrected chi connectivity index (χ1v) is 6.48. The minimum atomic E-state index is -0.0771. The maximum atomic E-state index is 12.3. The fraction of sp³-hybridized carbons (Fsp3) is 0.333. The van der Waals surface area contributed by atoms with Gasteiger partial charge in [0.25, 0.3) is 5.91 Å². The van der Waals surface area contributed by atoms with E-state index in [0.29, 0.717) is 5.56 Å². The topological polar surface area (TPSA) is 68.0 Å². The van der Waals surface area contributed by atoms with Crippen LogP contribution in [0.15, 0.2) is 36.5 Å². The predicted octanol–water partition coefficient (Wildman–Crippen LogP) is 2.09. The Morgan fingerprint density at radius 1 is 1.32 bits per heavy atom. The Hall–Kier alpha value is -1.94. The highest BCUT2D eigenvalue weighted by Gasteiger charge is 2.13. The summed E-state index contributed by atoms with van der Waals surface area (Å²) in [4.78, 5) is 16.5. The van der Waals surface area contributed by atoms with Gasteiger partial charge in [0.1, 0.15) is 0 Å². The first kappa shape index (κ1) is 13.5. The number of fused-ring (bicyclic) bond motifs is 1. The van der Waals surface area contributed by atoms with Gasteiger partial charge in [0.05, 0.1) is 11.1 Å². The van der Waals surface area contributed by atoms with Crippen molar-refractivity contribution in [3.8, 4) is 0 Å². The van der Waals surface area contributed by atoms with Crippen molar-refractivity contribution in [3.05, 3.63) is 42.1 Å². The number of hydrogen-bond donors (Lipinski definition) is 2. The molecule has 0 saturated carbocycles. The summed E-state index contributed by atoms with van der Waals surface area (Å²) in [7, 11) is 0. The van der Waals surface area contributed by atoms with Crippen molar-refractivity contribution in [1.82, 2.24) is 10.3 Å². The van der Waals surface area contributed by atoms with Gasteiger partial charge in [-0.15, -0.1) is 0 Å². The molecule has 0 spiro atoms. The van der Waals surface area contributed by atoms with Crippen LogP contribution < -0.4 is 11.1 Å². The number of hydrogen-bond acceptors (Lipinski definition) is 3. The van der Waals surface area contributed by atoms with Crippen LogP contribution in [0.25, 0.3) is 10.9 Å². The van der Waals surface area contributed by atoms with E-state index >= 15 is 0 Å².